The number of carbonyl (C=O) groups is 2. The van der Waals surface area contributed by atoms with Crippen molar-refractivity contribution in [2.45, 2.75) is 78.6 Å². The fraction of sp³-hybridized carbons (Fsp3) is 0.552. The van der Waals surface area contributed by atoms with Gasteiger partial charge in [0.15, 0.2) is 8.32 Å². The topological polar surface area (TPSA) is 84.6 Å². The van der Waals surface area contributed by atoms with E-state index in [0.29, 0.717) is 30.3 Å². The molecule has 0 atom stereocenters. The average Bonchev–Trinajstić information content (AvgIpc) is 3.31. The van der Waals surface area contributed by atoms with Crippen LogP contribution in [0.25, 0.3) is 22.2 Å². The Hall–Kier alpha value is -2.62. The zero-order valence-corrected chi connectivity index (χ0v) is 26.7. The summed E-state index contributed by atoms with van der Waals surface area (Å²) in [4.78, 5) is 24.9. The Morgan fingerprint density at radius 3 is 2.36 bits per heavy atom. The van der Waals surface area contributed by atoms with E-state index in [9.17, 15) is 9.59 Å². The van der Waals surface area contributed by atoms with Gasteiger partial charge in [-0.15, -0.1) is 0 Å². The van der Waals surface area contributed by atoms with Crippen LogP contribution in [-0.2, 0) is 38.7 Å². The van der Waals surface area contributed by atoms with Crippen molar-refractivity contribution in [3.05, 3.63) is 39.7 Å². The molecular formula is C29H42ClN3O5Si. The first-order valence-electron chi connectivity index (χ1n) is 13.3. The number of methoxy groups -OCH3 is 2. The maximum atomic E-state index is 12.9. The molecule has 0 unspecified atom stereocenters. The van der Waals surface area contributed by atoms with E-state index in [2.05, 4.69) is 33.9 Å². The van der Waals surface area contributed by atoms with Gasteiger partial charge in [0.25, 0.3) is 0 Å². The van der Waals surface area contributed by atoms with Crippen LogP contribution in [0.5, 0.6) is 0 Å². The summed E-state index contributed by atoms with van der Waals surface area (Å²) in [5.41, 5.74) is 5.56. The zero-order valence-electron chi connectivity index (χ0n) is 25.0. The van der Waals surface area contributed by atoms with Crippen molar-refractivity contribution in [3.63, 3.8) is 0 Å². The lowest BCUT2D eigenvalue weighted by Gasteiger charge is -2.36. The lowest BCUT2D eigenvalue weighted by atomic mass is 10.00. The summed E-state index contributed by atoms with van der Waals surface area (Å²) in [6.07, 6.45) is 1.28. The van der Waals surface area contributed by atoms with Crippen molar-refractivity contribution >= 4 is 42.8 Å². The van der Waals surface area contributed by atoms with E-state index in [1.807, 2.05) is 42.3 Å². The molecule has 3 aromatic rings. The van der Waals surface area contributed by atoms with E-state index in [1.165, 1.54) is 14.2 Å². The standard InChI is InChI=1S/C29H42ClN3O5Si/c1-18-19(2)31-33(16-11-17-38-39(9,10)29(3,4)5)25(18)24-22(30)14-12-20-21(13-15-23(34)36-7)27(28(35)37-8)32(6)26(20)24/h12,14H,11,13,15-17H2,1-10H3. The second-order valence-electron chi connectivity index (χ2n) is 11.5. The molecule has 0 aliphatic rings. The number of benzene rings is 1. The highest BCUT2D eigenvalue weighted by Crippen LogP contribution is 2.41. The molecule has 0 aliphatic carbocycles. The molecule has 0 bridgehead atoms. The first kappa shape index (κ1) is 30.9. The summed E-state index contributed by atoms with van der Waals surface area (Å²) in [5.74, 6) is -0.818. The number of esters is 2. The van der Waals surface area contributed by atoms with E-state index in [-0.39, 0.29) is 17.4 Å². The number of carbonyl (C=O) groups excluding carboxylic acids is 2. The van der Waals surface area contributed by atoms with Crippen molar-refractivity contribution in [3.8, 4) is 11.3 Å². The normalized spacial score (nSPS) is 12.3. The molecular weight excluding hydrogens is 534 g/mol. The summed E-state index contributed by atoms with van der Waals surface area (Å²) < 4.78 is 20.2. The molecule has 2 aromatic heterocycles. The molecule has 39 heavy (non-hydrogen) atoms. The predicted molar refractivity (Wildman–Crippen MR) is 158 cm³/mol. The summed E-state index contributed by atoms with van der Waals surface area (Å²) in [6.45, 7) is 16.6. The van der Waals surface area contributed by atoms with Gasteiger partial charge in [0, 0.05) is 37.6 Å². The van der Waals surface area contributed by atoms with E-state index < -0.39 is 14.3 Å². The Balaban J connectivity index is 2.12. The molecule has 10 heteroatoms. The van der Waals surface area contributed by atoms with Crippen LogP contribution in [0.2, 0.25) is 23.2 Å². The SMILES string of the molecule is COC(=O)CCc1c(C(=O)OC)n(C)c2c(-c3c(C)c(C)nn3CCCO[Si](C)(C)C(C)(C)C)c(Cl)ccc12. The summed E-state index contributed by atoms with van der Waals surface area (Å²) in [6, 6.07) is 3.74. The monoisotopic (exact) mass is 575 g/mol. The van der Waals surface area contributed by atoms with Crippen molar-refractivity contribution in [2.24, 2.45) is 7.05 Å². The van der Waals surface area contributed by atoms with Crippen molar-refractivity contribution < 1.29 is 23.5 Å². The third kappa shape index (κ3) is 6.10. The Bertz CT molecular complexity index is 1380. The molecule has 2 heterocycles. The van der Waals surface area contributed by atoms with Gasteiger partial charge in [0.2, 0.25) is 0 Å². The van der Waals surface area contributed by atoms with E-state index in [1.54, 1.807) is 0 Å². The van der Waals surface area contributed by atoms with Gasteiger partial charge in [-0.1, -0.05) is 38.4 Å². The predicted octanol–water partition coefficient (Wildman–Crippen LogP) is 6.62. The lowest BCUT2D eigenvalue weighted by Crippen LogP contribution is -2.41. The maximum Gasteiger partial charge on any atom is 0.354 e. The average molecular weight is 576 g/mol. The van der Waals surface area contributed by atoms with Crippen LogP contribution in [0.4, 0.5) is 0 Å². The van der Waals surface area contributed by atoms with Gasteiger partial charge < -0.3 is 18.5 Å². The fourth-order valence-electron chi connectivity index (χ4n) is 4.67. The number of ether oxygens (including phenoxy) is 2. The third-order valence-electron chi connectivity index (χ3n) is 8.04. The summed E-state index contributed by atoms with van der Waals surface area (Å²) in [5, 5.41) is 6.39. The quantitative estimate of drug-likeness (QED) is 0.153. The molecule has 0 radical (unpaired) electrons. The minimum absolute atomic E-state index is 0.141. The molecule has 0 saturated heterocycles. The molecule has 0 aliphatic heterocycles. The molecule has 214 valence electrons. The van der Waals surface area contributed by atoms with Gasteiger partial charge in [0.1, 0.15) is 5.69 Å². The van der Waals surface area contributed by atoms with Crippen molar-refractivity contribution in [2.75, 3.05) is 20.8 Å². The highest BCUT2D eigenvalue weighted by Gasteiger charge is 2.37. The Kier molecular flexibility index (Phi) is 9.40. The Morgan fingerprint density at radius 2 is 1.77 bits per heavy atom. The first-order chi connectivity index (χ1) is 18.2. The lowest BCUT2D eigenvalue weighted by molar-refractivity contribution is -0.140. The highest BCUT2D eigenvalue weighted by atomic mass is 35.5. The van der Waals surface area contributed by atoms with Gasteiger partial charge in [-0.05, 0) is 62.0 Å². The molecule has 3 rings (SSSR count). The van der Waals surface area contributed by atoms with Crippen LogP contribution in [0.15, 0.2) is 12.1 Å². The number of aryl methyl sites for hydroxylation is 4. The second kappa shape index (κ2) is 11.9. The molecule has 0 saturated carbocycles. The van der Waals surface area contributed by atoms with E-state index in [0.717, 1.165) is 45.4 Å². The second-order valence-corrected chi connectivity index (χ2v) is 16.7. The highest BCUT2D eigenvalue weighted by molar-refractivity contribution is 6.74. The van der Waals surface area contributed by atoms with Crippen LogP contribution < -0.4 is 0 Å². The fourth-order valence-corrected chi connectivity index (χ4v) is 6.00. The van der Waals surface area contributed by atoms with Crippen molar-refractivity contribution in [1.82, 2.24) is 14.3 Å². The minimum atomic E-state index is -1.85. The summed E-state index contributed by atoms with van der Waals surface area (Å²) in [7, 11) is 2.69. The smallest absolute Gasteiger partial charge is 0.354 e. The van der Waals surface area contributed by atoms with Gasteiger partial charge in [-0.25, -0.2) is 4.79 Å². The van der Waals surface area contributed by atoms with Gasteiger partial charge in [-0.2, -0.15) is 5.10 Å². The molecule has 0 spiro atoms. The number of nitrogens with zero attached hydrogens (tertiary/aromatic N) is 3. The van der Waals surface area contributed by atoms with Crippen molar-refractivity contribution in [1.29, 1.82) is 0 Å². The van der Waals surface area contributed by atoms with E-state index >= 15 is 0 Å². The molecule has 8 nitrogen and oxygen atoms in total. The first-order valence-corrected chi connectivity index (χ1v) is 16.6. The number of rotatable bonds is 10. The number of hydrogen-bond acceptors (Lipinski definition) is 6. The molecule has 0 fully saturated rings. The van der Waals surface area contributed by atoms with Crippen LogP contribution in [0, 0.1) is 13.8 Å². The number of halogens is 1. The van der Waals surface area contributed by atoms with Crippen LogP contribution in [-0.4, -0.2) is 55.4 Å². The Labute approximate surface area is 237 Å². The maximum absolute atomic E-state index is 12.9. The van der Waals surface area contributed by atoms with Crippen LogP contribution in [0.3, 0.4) is 0 Å². The molecule has 0 amide bonds. The largest absolute Gasteiger partial charge is 0.469 e. The Morgan fingerprint density at radius 1 is 1.10 bits per heavy atom. The van der Waals surface area contributed by atoms with Gasteiger partial charge in [-0.3, -0.25) is 9.48 Å². The van der Waals surface area contributed by atoms with Crippen LogP contribution in [0.1, 0.15) is 60.9 Å². The minimum Gasteiger partial charge on any atom is -0.469 e. The zero-order chi connectivity index (χ0) is 29.3. The number of aromatic nitrogens is 3. The van der Waals surface area contributed by atoms with E-state index in [4.69, 9.17) is 30.6 Å². The molecule has 0 N–H and O–H groups in total. The van der Waals surface area contributed by atoms with Crippen LogP contribution >= 0.6 is 11.6 Å². The third-order valence-corrected chi connectivity index (χ3v) is 12.9. The number of fused-ring (bicyclic) bond motifs is 1. The molecule has 1 aromatic carbocycles. The summed E-state index contributed by atoms with van der Waals surface area (Å²) >= 11 is 6.90. The van der Waals surface area contributed by atoms with Gasteiger partial charge >= 0.3 is 11.9 Å². The number of hydrogen-bond donors (Lipinski definition) is 0. The van der Waals surface area contributed by atoms with Gasteiger partial charge in [0.05, 0.1) is 36.1 Å².